The molecule has 0 aliphatic carbocycles. The normalized spacial score (nSPS) is 10.8. The molecule has 0 fully saturated rings. The quantitative estimate of drug-likeness (QED) is 0.604. The predicted octanol–water partition coefficient (Wildman–Crippen LogP) is 2.74. The molecule has 0 bridgehead atoms. The SMILES string of the molecule is CC(=O)CCCSc1nnnn1-c1ccc(C)cc1C. The van der Waals surface area contributed by atoms with Gasteiger partial charge in [-0.1, -0.05) is 29.5 Å². The second kappa shape index (κ2) is 6.65. The number of hydrogen-bond acceptors (Lipinski definition) is 5. The van der Waals surface area contributed by atoms with Crippen LogP contribution < -0.4 is 0 Å². The Hall–Kier alpha value is -1.69. The molecule has 2 aromatic rings. The lowest BCUT2D eigenvalue weighted by Gasteiger charge is -2.08. The van der Waals surface area contributed by atoms with E-state index in [-0.39, 0.29) is 5.78 Å². The lowest BCUT2D eigenvalue weighted by atomic mass is 10.1. The van der Waals surface area contributed by atoms with Crippen molar-refractivity contribution >= 4 is 17.5 Å². The lowest BCUT2D eigenvalue weighted by molar-refractivity contribution is -0.117. The summed E-state index contributed by atoms with van der Waals surface area (Å²) >= 11 is 1.58. The lowest BCUT2D eigenvalue weighted by Crippen LogP contribution is -2.02. The van der Waals surface area contributed by atoms with Gasteiger partial charge in [-0.15, -0.1) is 5.10 Å². The van der Waals surface area contributed by atoms with Crippen LogP contribution in [0, 0.1) is 13.8 Å². The number of thioether (sulfide) groups is 1. The van der Waals surface area contributed by atoms with Crippen molar-refractivity contribution in [2.45, 2.75) is 38.8 Å². The van der Waals surface area contributed by atoms with E-state index in [0.717, 1.165) is 28.6 Å². The van der Waals surface area contributed by atoms with Crippen molar-refractivity contribution in [3.63, 3.8) is 0 Å². The third-order valence-electron chi connectivity index (χ3n) is 2.93. The minimum atomic E-state index is 0.222. The molecule has 106 valence electrons. The van der Waals surface area contributed by atoms with Gasteiger partial charge in [0.15, 0.2) is 0 Å². The topological polar surface area (TPSA) is 60.7 Å². The van der Waals surface area contributed by atoms with E-state index >= 15 is 0 Å². The van der Waals surface area contributed by atoms with E-state index in [4.69, 9.17) is 0 Å². The molecule has 1 aromatic heterocycles. The number of hydrogen-bond donors (Lipinski definition) is 0. The van der Waals surface area contributed by atoms with Crippen molar-refractivity contribution in [2.24, 2.45) is 0 Å². The van der Waals surface area contributed by atoms with E-state index in [1.165, 1.54) is 5.56 Å². The first kappa shape index (κ1) is 14.7. The molecule has 0 amide bonds. The summed E-state index contributed by atoms with van der Waals surface area (Å²) < 4.78 is 1.76. The Morgan fingerprint density at radius 2 is 2.15 bits per heavy atom. The first-order chi connectivity index (χ1) is 9.58. The van der Waals surface area contributed by atoms with Crippen molar-refractivity contribution in [3.05, 3.63) is 29.3 Å². The van der Waals surface area contributed by atoms with Crippen LogP contribution in [0.25, 0.3) is 5.69 Å². The van der Waals surface area contributed by atoms with Crippen LogP contribution >= 0.6 is 11.8 Å². The number of benzene rings is 1. The largest absolute Gasteiger partial charge is 0.300 e. The summed E-state index contributed by atoms with van der Waals surface area (Å²) in [5.41, 5.74) is 3.35. The third-order valence-corrected chi connectivity index (χ3v) is 3.93. The van der Waals surface area contributed by atoms with E-state index in [0.29, 0.717) is 6.42 Å². The maximum absolute atomic E-state index is 10.9. The van der Waals surface area contributed by atoms with Crippen molar-refractivity contribution in [1.82, 2.24) is 20.2 Å². The highest BCUT2D eigenvalue weighted by Gasteiger charge is 2.11. The summed E-state index contributed by atoms with van der Waals surface area (Å²) in [7, 11) is 0. The zero-order chi connectivity index (χ0) is 14.5. The molecule has 20 heavy (non-hydrogen) atoms. The molecular weight excluding hydrogens is 272 g/mol. The summed E-state index contributed by atoms with van der Waals surface area (Å²) in [6, 6.07) is 6.19. The number of nitrogens with zero attached hydrogens (tertiary/aromatic N) is 4. The molecule has 0 radical (unpaired) electrons. The van der Waals surface area contributed by atoms with Crippen LogP contribution in [0.15, 0.2) is 23.4 Å². The van der Waals surface area contributed by atoms with Gasteiger partial charge >= 0.3 is 0 Å². The molecule has 0 aliphatic rings. The Morgan fingerprint density at radius 1 is 1.35 bits per heavy atom. The average Bonchev–Trinajstić information content (AvgIpc) is 2.82. The van der Waals surface area contributed by atoms with Gasteiger partial charge in [-0.25, -0.2) is 0 Å². The van der Waals surface area contributed by atoms with Gasteiger partial charge in [0.2, 0.25) is 5.16 Å². The van der Waals surface area contributed by atoms with Gasteiger partial charge in [-0.3, -0.25) is 0 Å². The first-order valence-corrected chi connectivity index (χ1v) is 7.54. The summed E-state index contributed by atoms with van der Waals surface area (Å²) in [5.74, 6) is 1.06. The number of aromatic nitrogens is 4. The van der Waals surface area contributed by atoms with Crippen molar-refractivity contribution in [2.75, 3.05) is 5.75 Å². The average molecular weight is 290 g/mol. The predicted molar refractivity (Wildman–Crippen MR) is 79.3 cm³/mol. The van der Waals surface area contributed by atoms with Crippen LogP contribution in [-0.2, 0) is 4.79 Å². The van der Waals surface area contributed by atoms with E-state index in [1.54, 1.807) is 23.4 Å². The molecule has 0 saturated carbocycles. The standard InChI is InChI=1S/C14H18N4OS/c1-10-6-7-13(11(2)9-10)18-14(15-16-17-18)20-8-4-5-12(3)19/h6-7,9H,4-5,8H2,1-3H3. The fraction of sp³-hybridized carbons (Fsp3) is 0.429. The zero-order valence-corrected chi connectivity index (χ0v) is 12.8. The Balaban J connectivity index is 2.10. The fourth-order valence-electron chi connectivity index (χ4n) is 1.95. The molecule has 6 heteroatoms. The summed E-state index contributed by atoms with van der Waals surface area (Å²) in [5, 5.41) is 12.6. The molecule has 0 aliphatic heterocycles. The Morgan fingerprint density at radius 3 is 2.85 bits per heavy atom. The molecule has 1 aromatic carbocycles. The Kier molecular flexibility index (Phi) is 4.89. The zero-order valence-electron chi connectivity index (χ0n) is 12.0. The molecule has 0 saturated heterocycles. The van der Waals surface area contributed by atoms with Gasteiger partial charge in [-0.05, 0) is 49.2 Å². The molecule has 2 rings (SSSR count). The molecule has 1 heterocycles. The van der Waals surface area contributed by atoms with Crippen LogP contribution in [0.4, 0.5) is 0 Å². The van der Waals surface area contributed by atoms with Gasteiger partial charge < -0.3 is 4.79 Å². The highest BCUT2D eigenvalue weighted by Crippen LogP contribution is 2.22. The molecule has 0 N–H and O–H groups in total. The van der Waals surface area contributed by atoms with Gasteiger partial charge in [0.05, 0.1) is 5.69 Å². The van der Waals surface area contributed by atoms with E-state index in [2.05, 4.69) is 28.5 Å². The maximum Gasteiger partial charge on any atom is 0.214 e. The van der Waals surface area contributed by atoms with Gasteiger partial charge in [-0.2, -0.15) is 4.68 Å². The number of aryl methyl sites for hydroxylation is 2. The second-order valence-electron chi connectivity index (χ2n) is 4.82. The van der Waals surface area contributed by atoms with Crippen LogP contribution in [0.5, 0.6) is 0 Å². The van der Waals surface area contributed by atoms with Crippen LogP contribution in [-0.4, -0.2) is 31.7 Å². The number of rotatable bonds is 6. The highest BCUT2D eigenvalue weighted by atomic mass is 32.2. The van der Waals surface area contributed by atoms with Gasteiger partial charge in [0, 0.05) is 12.2 Å². The van der Waals surface area contributed by atoms with E-state index in [9.17, 15) is 4.79 Å². The number of ketones is 1. The maximum atomic E-state index is 10.9. The number of carbonyl (C=O) groups excluding carboxylic acids is 1. The van der Waals surface area contributed by atoms with E-state index < -0.39 is 0 Å². The van der Waals surface area contributed by atoms with Crippen molar-refractivity contribution in [1.29, 1.82) is 0 Å². The molecule has 0 atom stereocenters. The minimum Gasteiger partial charge on any atom is -0.300 e. The van der Waals surface area contributed by atoms with Crippen molar-refractivity contribution < 1.29 is 4.79 Å². The number of tetrazole rings is 1. The highest BCUT2D eigenvalue weighted by molar-refractivity contribution is 7.99. The van der Waals surface area contributed by atoms with Crippen molar-refractivity contribution in [3.8, 4) is 5.69 Å². The number of carbonyl (C=O) groups is 1. The summed E-state index contributed by atoms with van der Waals surface area (Å²) in [6.45, 7) is 5.73. The monoisotopic (exact) mass is 290 g/mol. The smallest absolute Gasteiger partial charge is 0.214 e. The first-order valence-electron chi connectivity index (χ1n) is 6.56. The summed E-state index contributed by atoms with van der Waals surface area (Å²) in [6.07, 6.45) is 1.46. The number of Topliss-reactive ketones (excluding diaryl/α,β-unsaturated/α-hetero) is 1. The second-order valence-corrected chi connectivity index (χ2v) is 5.88. The minimum absolute atomic E-state index is 0.222. The van der Waals surface area contributed by atoms with Gasteiger partial charge in [0.1, 0.15) is 5.78 Å². The summed E-state index contributed by atoms with van der Waals surface area (Å²) in [4.78, 5) is 10.9. The molecular formula is C14H18N4OS. The Labute approximate surface area is 122 Å². The van der Waals surface area contributed by atoms with Crippen LogP contribution in [0.3, 0.4) is 0 Å². The van der Waals surface area contributed by atoms with Gasteiger partial charge in [0.25, 0.3) is 0 Å². The fourth-order valence-corrected chi connectivity index (χ4v) is 2.77. The van der Waals surface area contributed by atoms with Crippen LogP contribution in [0.1, 0.15) is 30.9 Å². The van der Waals surface area contributed by atoms with E-state index in [1.807, 2.05) is 19.1 Å². The Bertz CT molecular complexity index is 609. The molecule has 0 spiro atoms. The molecule has 0 unspecified atom stereocenters. The molecule has 5 nitrogen and oxygen atoms in total. The van der Waals surface area contributed by atoms with Crippen LogP contribution in [0.2, 0.25) is 0 Å². The third kappa shape index (κ3) is 3.66.